The number of aromatic amines is 2. The summed E-state index contributed by atoms with van der Waals surface area (Å²) < 4.78 is 47.2. The first-order valence-corrected chi connectivity index (χ1v) is 27.4. The summed E-state index contributed by atoms with van der Waals surface area (Å²) in [7, 11) is 3.10. The van der Waals surface area contributed by atoms with E-state index in [1.165, 1.54) is 31.5 Å². The molecule has 0 bridgehead atoms. The molecule has 4 aromatic carbocycles. The first-order valence-electron chi connectivity index (χ1n) is 23.2. The largest absolute Gasteiger partial charge is 0.497 e. The van der Waals surface area contributed by atoms with Crippen LogP contribution in [-0.4, -0.2) is 105 Å². The second kappa shape index (κ2) is 22.0. The highest BCUT2D eigenvalue weighted by atomic mass is 32.9. The molecule has 0 radical (unpaired) electrons. The first-order chi connectivity index (χ1) is 35.7. The molecular weight excluding hydrogens is 1020 g/mol. The third kappa shape index (κ3) is 10.2. The highest BCUT2D eigenvalue weighted by Crippen LogP contribution is 2.64. The summed E-state index contributed by atoms with van der Waals surface area (Å²) >= 11 is 7.29. The summed E-state index contributed by atoms with van der Waals surface area (Å²) in [6, 6.07) is 31.7. The van der Waals surface area contributed by atoms with Crippen LogP contribution in [0.1, 0.15) is 68.3 Å². The number of hydrogen-bond acceptors (Lipinski definition) is 17. The van der Waals surface area contributed by atoms with Crippen molar-refractivity contribution < 1.29 is 47.4 Å². The molecule has 8 atom stereocenters. The van der Waals surface area contributed by atoms with E-state index < -0.39 is 102 Å². The average molecular weight is 1070 g/mol. The molecule has 384 valence electrons. The number of nitrogens with one attached hydrogen (secondary N) is 2. The molecular formula is C51H49N6O14PS2. The maximum absolute atomic E-state index is 14.7. The third-order valence-electron chi connectivity index (χ3n) is 13.0. The minimum absolute atomic E-state index is 0.0108. The zero-order valence-electron chi connectivity index (χ0n) is 39.9. The Morgan fingerprint density at radius 3 is 1.97 bits per heavy atom. The molecule has 6 aromatic rings. The van der Waals surface area contributed by atoms with E-state index in [0.29, 0.717) is 28.2 Å². The van der Waals surface area contributed by atoms with Crippen molar-refractivity contribution in [2.45, 2.75) is 68.3 Å². The van der Waals surface area contributed by atoms with Crippen LogP contribution >= 0.6 is 17.1 Å². The maximum atomic E-state index is 14.7. The lowest BCUT2D eigenvalue weighted by Gasteiger charge is -2.38. The quantitative estimate of drug-likeness (QED) is 0.0422. The Kier molecular flexibility index (Phi) is 15.5. The molecule has 2 aromatic heterocycles. The number of aliphatic hydroxyl groups is 1. The van der Waals surface area contributed by atoms with Gasteiger partial charge >= 0.3 is 11.4 Å². The lowest BCUT2D eigenvalue weighted by Crippen LogP contribution is -2.52. The van der Waals surface area contributed by atoms with Crippen LogP contribution in [0.3, 0.4) is 0 Å². The minimum atomic E-state index is -3.88. The van der Waals surface area contributed by atoms with Crippen molar-refractivity contribution in [1.82, 2.24) is 24.0 Å². The smallest absolute Gasteiger partial charge is 0.330 e. The fourth-order valence-electron chi connectivity index (χ4n) is 9.33. The van der Waals surface area contributed by atoms with E-state index in [-0.39, 0.29) is 35.3 Å². The van der Waals surface area contributed by atoms with Gasteiger partial charge in [-0.15, -0.1) is 0 Å². The van der Waals surface area contributed by atoms with Gasteiger partial charge in [-0.3, -0.25) is 43.2 Å². The summed E-state index contributed by atoms with van der Waals surface area (Å²) in [5.41, 5.74) is -5.98. The van der Waals surface area contributed by atoms with E-state index in [0.717, 1.165) is 31.5 Å². The topological polar surface area (TPSA) is 256 Å². The Labute approximate surface area is 431 Å². The Bertz CT molecular complexity index is 3300. The van der Waals surface area contributed by atoms with Crippen molar-refractivity contribution in [2.75, 3.05) is 33.2 Å². The zero-order valence-corrected chi connectivity index (χ0v) is 42.5. The van der Waals surface area contributed by atoms with Crippen LogP contribution in [0.25, 0.3) is 0 Å². The number of amides is 2. The van der Waals surface area contributed by atoms with Gasteiger partial charge in [0.05, 0.1) is 50.7 Å². The fourth-order valence-corrected chi connectivity index (χ4v) is 13.8. The van der Waals surface area contributed by atoms with Gasteiger partial charge < -0.3 is 37.8 Å². The Balaban J connectivity index is 1.16. The molecule has 3 aliphatic rings. The van der Waals surface area contributed by atoms with Gasteiger partial charge in [-0.05, 0) is 71.8 Å². The van der Waals surface area contributed by atoms with Gasteiger partial charge in [0.1, 0.15) is 47.7 Å². The Morgan fingerprint density at radius 2 is 1.38 bits per heavy atom. The number of ether oxygens (including phenoxy) is 5. The number of imide groups is 1. The molecule has 2 saturated heterocycles. The van der Waals surface area contributed by atoms with Crippen molar-refractivity contribution in [3.63, 3.8) is 0 Å². The van der Waals surface area contributed by atoms with E-state index in [2.05, 4.69) is 16.0 Å². The van der Waals surface area contributed by atoms with Crippen LogP contribution in [0.4, 0.5) is 0 Å². The van der Waals surface area contributed by atoms with Crippen molar-refractivity contribution in [3.05, 3.63) is 197 Å². The second-order valence-electron chi connectivity index (χ2n) is 17.4. The molecule has 9 rings (SSSR count). The number of aryl methyl sites for hydroxylation is 1. The van der Waals surface area contributed by atoms with Gasteiger partial charge in [0, 0.05) is 42.6 Å². The van der Waals surface area contributed by atoms with Gasteiger partial charge in [-0.25, -0.2) is 9.59 Å². The second-order valence-corrected chi connectivity index (χ2v) is 23.8. The molecule has 0 aliphatic carbocycles. The Morgan fingerprint density at radius 1 is 0.784 bits per heavy atom. The highest BCUT2D eigenvalue weighted by molar-refractivity contribution is 8.67. The summed E-state index contributed by atoms with van der Waals surface area (Å²) in [6.45, 7) is 0.709. The van der Waals surface area contributed by atoms with Gasteiger partial charge in [0.2, 0.25) is 5.69 Å². The van der Waals surface area contributed by atoms with Crippen LogP contribution in [0.15, 0.2) is 141 Å². The standard InChI is InChI=1S/C51H49N6O14PS2/c1-30-27-56(50(64)54-45(30)60)42-26-38(58)39(69-42)29-68-72(73,74-25-9-23-52)71-44-40(70-48(55-24-22-41(59)53-49(55)63)43(44)57-46(61)36-12-7-8-13-37(36)47(57)62)28-67-51(31-10-5-4-6-11-31,32-14-18-34(65-2)19-15-32)33-16-20-35(66-3)21-17-33/h4-8,10-22,24,27,38-40,42-44,48,58H,9,25-26,28-29H2,1-3H3,(H,53,59,63)(H,54,60,64)/t38-,39+,40+,42+,43+,44+,48+,72?/m0/s1. The highest BCUT2D eigenvalue weighted by Gasteiger charge is 2.57. The third-order valence-corrected chi connectivity index (χ3v) is 18.2. The van der Waals surface area contributed by atoms with Crippen LogP contribution in [0.5, 0.6) is 11.5 Å². The zero-order chi connectivity index (χ0) is 52.3. The monoisotopic (exact) mass is 1060 g/mol. The van der Waals surface area contributed by atoms with Crippen LogP contribution < -0.4 is 32.0 Å². The molecule has 1 unspecified atom stereocenters. The van der Waals surface area contributed by atoms with E-state index in [1.807, 2.05) is 54.6 Å². The number of methoxy groups -OCH3 is 2. The number of nitrogens with zero attached hydrogens (tertiary/aromatic N) is 4. The summed E-state index contributed by atoms with van der Waals surface area (Å²) in [5.74, 6) is -0.249. The normalized spacial score (nSPS) is 22.3. The van der Waals surface area contributed by atoms with Gasteiger partial charge in [-0.1, -0.05) is 78.1 Å². The number of nitriles is 1. The Hall–Kier alpha value is -6.77. The summed E-state index contributed by atoms with van der Waals surface area (Å²) in [4.78, 5) is 86.2. The van der Waals surface area contributed by atoms with Crippen LogP contribution in [0, 0.1) is 18.3 Å². The van der Waals surface area contributed by atoms with E-state index >= 15 is 0 Å². The molecule has 20 nitrogen and oxygen atoms in total. The minimum Gasteiger partial charge on any atom is -0.497 e. The van der Waals surface area contributed by atoms with Crippen LogP contribution in [-0.2, 0) is 40.7 Å². The summed E-state index contributed by atoms with van der Waals surface area (Å²) in [6.07, 6.45) is -5.25. The summed E-state index contributed by atoms with van der Waals surface area (Å²) in [5, 5.41) is 21.0. The number of carbonyl (C=O) groups is 2. The molecule has 2 amide bonds. The fraction of sp³-hybridized carbons (Fsp3) is 0.314. The van der Waals surface area contributed by atoms with Crippen LogP contribution in [0.2, 0.25) is 0 Å². The molecule has 0 spiro atoms. The number of fused-ring (bicyclic) bond motifs is 1. The van der Waals surface area contributed by atoms with Gasteiger partial charge in [0.25, 0.3) is 22.9 Å². The molecule has 3 N–H and O–H groups in total. The van der Waals surface area contributed by atoms with E-state index in [4.69, 9.17) is 44.5 Å². The van der Waals surface area contributed by atoms with Crippen molar-refractivity contribution in [3.8, 4) is 17.6 Å². The average Bonchev–Trinajstić information content (AvgIpc) is 4.03. The van der Waals surface area contributed by atoms with Crippen molar-refractivity contribution in [2.24, 2.45) is 0 Å². The number of hydrogen-bond donors (Lipinski definition) is 3. The van der Waals surface area contributed by atoms with Gasteiger partial charge in [0.15, 0.2) is 6.23 Å². The number of benzene rings is 4. The number of carbonyl (C=O) groups excluding carboxylic acids is 2. The molecule has 3 aliphatic heterocycles. The molecule has 74 heavy (non-hydrogen) atoms. The number of rotatable bonds is 19. The van der Waals surface area contributed by atoms with E-state index in [1.54, 1.807) is 50.6 Å². The molecule has 5 heterocycles. The number of aromatic nitrogens is 4. The number of H-pyrrole nitrogens is 2. The van der Waals surface area contributed by atoms with Crippen molar-refractivity contribution >= 4 is 40.7 Å². The van der Waals surface area contributed by atoms with Crippen molar-refractivity contribution in [1.29, 1.82) is 5.26 Å². The predicted molar refractivity (Wildman–Crippen MR) is 273 cm³/mol. The number of aliphatic hydroxyl groups excluding tert-OH is 1. The van der Waals surface area contributed by atoms with Gasteiger partial charge in [-0.2, -0.15) is 5.26 Å². The molecule has 23 heteroatoms. The lowest BCUT2D eigenvalue weighted by atomic mass is 9.80. The van der Waals surface area contributed by atoms with E-state index in [9.17, 15) is 39.1 Å². The predicted octanol–water partition coefficient (Wildman–Crippen LogP) is 4.90. The first kappa shape index (κ1) is 52.1. The lowest BCUT2D eigenvalue weighted by molar-refractivity contribution is -0.0928. The molecule has 2 fully saturated rings. The molecule has 0 saturated carbocycles. The maximum Gasteiger partial charge on any atom is 0.330 e. The SMILES string of the molecule is COc1ccc(C(OC[C@H]2O[C@@H](n3ccc(=O)[nH]c3=O)[C@H](N3C(=O)c4ccccc4C3=O)[C@@H]2OP(=S)(OC[C@H]2O[C@@H](n3cc(C)c(=O)[nH]c3=O)C[C@@H]2O)SCCC#N)(c2ccccc2)c2ccc(OC)cc2)cc1.